The van der Waals surface area contributed by atoms with Crippen LogP contribution < -0.4 is 0 Å². The molecule has 20 heavy (non-hydrogen) atoms. The highest BCUT2D eigenvalue weighted by atomic mass is 16.5. The summed E-state index contributed by atoms with van der Waals surface area (Å²) >= 11 is 0. The zero-order valence-electron chi connectivity index (χ0n) is 11.4. The molecule has 0 bridgehead atoms. The van der Waals surface area contributed by atoms with Crippen molar-refractivity contribution in [2.24, 2.45) is 5.92 Å². The molecule has 5 nitrogen and oxygen atoms in total. The van der Waals surface area contributed by atoms with Crippen molar-refractivity contribution in [2.45, 2.75) is 13.3 Å². The standard InChI is InChI=1S/C15H17NO4/c1-2-20-15(19)12-10-16(14(18)13(12)17)9-8-11-6-4-3-5-7-11/h3-7,12H,2,8-10H2,1H3/t12-/m0/s1. The van der Waals surface area contributed by atoms with Crippen LogP contribution in [0.15, 0.2) is 30.3 Å². The molecule has 0 radical (unpaired) electrons. The van der Waals surface area contributed by atoms with Gasteiger partial charge in [-0.25, -0.2) is 0 Å². The van der Waals surface area contributed by atoms with Crippen molar-refractivity contribution in [3.63, 3.8) is 0 Å². The first-order valence-corrected chi connectivity index (χ1v) is 6.67. The average molecular weight is 275 g/mol. The first-order chi connectivity index (χ1) is 9.63. The summed E-state index contributed by atoms with van der Waals surface area (Å²) in [5, 5.41) is 0. The highest BCUT2D eigenvalue weighted by Gasteiger charge is 2.43. The van der Waals surface area contributed by atoms with Crippen LogP contribution in [0.1, 0.15) is 12.5 Å². The lowest BCUT2D eigenvalue weighted by Crippen LogP contribution is -2.29. The Morgan fingerprint density at radius 2 is 2.00 bits per heavy atom. The molecular weight excluding hydrogens is 258 g/mol. The Morgan fingerprint density at radius 1 is 1.30 bits per heavy atom. The van der Waals surface area contributed by atoms with E-state index in [-0.39, 0.29) is 13.2 Å². The van der Waals surface area contributed by atoms with E-state index in [9.17, 15) is 14.4 Å². The third kappa shape index (κ3) is 3.04. The third-order valence-electron chi connectivity index (χ3n) is 3.30. The number of ketones is 1. The lowest BCUT2D eigenvalue weighted by Gasteiger charge is -2.15. The molecule has 1 aromatic rings. The maximum Gasteiger partial charge on any atom is 0.318 e. The van der Waals surface area contributed by atoms with E-state index in [4.69, 9.17) is 4.74 Å². The van der Waals surface area contributed by atoms with Crippen molar-refractivity contribution >= 4 is 17.7 Å². The van der Waals surface area contributed by atoms with Crippen molar-refractivity contribution in [3.05, 3.63) is 35.9 Å². The largest absolute Gasteiger partial charge is 0.465 e. The molecule has 1 amide bonds. The van der Waals surface area contributed by atoms with E-state index in [0.29, 0.717) is 13.0 Å². The number of rotatable bonds is 5. The number of likely N-dealkylation sites (tertiary alicyclic amines) is 1. The average Bonchev–Trinajstić information content (AvgIpc) is 2.74. The van der Waals surface area contributed by atoms with Gasteiger partial charge in [0.1, 0.15) is 5.92 Å². The number of nitrogens with zero attached hydrogens (tertiary/aromatic N) is 1. The fourth-order valence-corrected chi connectivity index (χ4v) is 2.22. The molecule has 1 aliphatic rings. The highest BCUT2D eigenvalue weighted by Crippen LogP contribution is 2.16. The predicted molar refractivity (Wildman–Crippen MR) is 71.9 cm³/mol. The van der Waals surface area contributed by atoms with Gasteiger partial charge < -0.3 is 9.64 Å². The van der Waals surface area contributed by atoms with E-state index in [2.05, 4.69) is 0 Å². The van der Waals surface area contributed by atoms with Gasteiger partial charge in [-0.1, -0.05) is 30.3 Å². The van der Waals surface area contributed by atoms with Gasteiger partial charge in [0, 0.05) is 13.1 Å². The third-order valence-corrected chi connectivity index (χ3v) is 3.30. The minimum Gasteiger partial charge on any atom is -0.465 e. The van der Waals surface area contributed by atoms with E-state index in [1.165, 1.54) is 4.90 Å². The Labute approximate surface area is 117 Å². The topological polar surface area (TPSA) is 63.7 Å². The van der Waals surface area contributed by atoms with Gasteiger partial charge in [-0.2, -0.15) is 0 Å². The quantitative estimate of drug-likeness (QED) is 0.453. The van der Waals surface area contributed by atoms with Gasteiger partial charge >= 0.3 is 5.97 Å². The van der Waals surface area contributed by atoms with Crippen LogP contribution >= 0.6 is 0 Å². The lowest BCUT2D eigenvalue weighted by atomic mass is 10.1. The second-order valence-corrected chi connectivity index (χ2v) is 4.66. The van der Waals surface area contributed by atoms with Crippen LogP contribution in [0.2, 0.25) is 0 Å². The Kier molecular flexibility index (Phi) is 4.50. The number of Topliss-reactive ketones (excluding diaryl/α,β-unsaturated/α-hetero) is 1. The van der Waals surface area contributed by atoms with Crippen LogP contribution in [-0.4, -0.2) is 42.3 Å². The number of hydrogen-bond acceptors (Lipinski definition) is 4. The molecule has 1 heterocycles. The van der Waals surface area contributed by atoms with Crippen LogP contribution in [0, 0.1) is 5.92 Å². The molecule has 1 atom stereocenters. The van der Waals surface area contributed by atoms with E-state index in [1.807, 2.05) is 30.3 Å². The first-order valence-electron chi connectivity index (χ1n) is 6.67. The number of hydrogen-bond donors (Lipinski definition) is 0. The molecular formula is C15H17NO4. The van der Waals surface area contributed by atoms with Crippen LogP contribution in [0.3, 0.4) is 0 Å². The zero-order chi connectivity index (χ0) is 14.5. The van der Waals surface area contributed by atoms with Crippen molar-refractivity contribution < 1.29 is 19.1 Å². The summed E-state index contributed by atoms with van der Waals surface area (Å²) in [6.45, 7) is 2.45. The summed E-state index contributed by atoms with van der Waals surface area (Å²) in [6.07, 6.45) is 0.662. The number of ether oxygens (including phenoxy) is 1. The monoisotopic (exact) mass is 275 g/mol. The van der Waals surface area contributed by atoms with Crippen molar-refractivity contribution in [3.8, 4) is 0 Å². The lowest BCUT2D eigenvalue weighted by molar-refractivity contribution is -0.151. The molecule has 1 aromatic carbocycles. The van der Waals surface area contributed by atoms with Gasteiger partial charge in [0.2, 0.25) is 5.78 Å². The maximum atomic E-state index is 11.8. The molecule has 106 valence electrons. The molecule has 1 aliphatic heterocycles. The van der Waals surface area contributed by atoms with Crippen LogP contribution in [0.25, 0.3) is 0 Å². The van der Waals surface area contributed by atoms with Crippen LogP contribution in [-0.2, 0) is 25.5 Å². The second kappa shape index (κ2) is 6.32. The number of carbonyl (C=O) groups is 3. The van der Waals surface area contributed by atoms with Gasteiger partial charge in [-0.3, -0.25) is 14.4 Å². The molecule has 0 aliphatic carbocycles. The van der Waals surface area contributed by atoms with Gasteiger partial charge in [-0.15, -0.1) is 0 Å². The summed E-state index contributed by atoms with van der Waals surface area (Å²) in [5.41, 5.74) is 1.09. The summed E-state index contributed by atoms with van der Waals surface area (Å²) in [4.78, 5) is 36.6. The molecule has 1 fully saturated rings. The summed E-state index contributed by atoms with van der Waals surface area (Å²) in [7, 11) is 0. The SMILES string of the molecule is CCOC(=O)[C@H]1CN(CCc2ccccc2)C(=O)C1=O. The van der Waals surface area contributed by atoms with Gasteiger partial charge in [0.05, 0.1) is 6.61 Å². The smallest absolute Gasteiger partial charge is 0.318 e. The predicted octanol–water partition coefficient (Wildman–Crippen LogP) is 0.820. The molecule has 0 saturated carbocycles. The van der Waals surface area contributed by atoms with Gasteiger partial charge in [0.15, 0.2) is 0 Å². The van der Waals surface area contributed by atoms with E-state index in [1.54, 1.807) is 6.92 Å². The minimum absolute atomic E-state index is 0.128. The molecule has 1 saturated heterocycles. The molecule has 2 rings (SSSR count). The Hall–Kier alpha value is -2.17. The minimum atomic E-state index is -0.960. The Morgan fingerprint density at radius 3 is 2.65 bits per heavy atom. The van der Waals surface area contributed by atoms with Crippen molar-refractivity contribution in [1.82, 2.24) is 4.90 Å². The van der Waals surface area contributed by atoms with Crippen LogP contribution in [0.5, 0.6) is 0 Å². The number of esters is 1. The summed E-state index contributed by atoms with van der Waals surface area (Å²) < 4.78 is 4.82. The Bertz CT molecular complexity index is 512. The van der Waals surface area contributed by atoms with Crippen LogP contribution in [0.4, 0.5) is 0 Å². The van der Waals surface area contributed by atoms with Gasteiger partial charge in [0.25, 0.3) is 5.91 Å². The van der Waals surface area contributed by atoms with E-state index < -0.39 is 23.6 Å². The molecule has 5 heteroatoms. The van der Waals surface area contributed by atoms with E-state index >= 15 is 0 Å². The molecule has 0 spiro atoms. The summed E-state index contributed by atoms with van der Waals surface area (Å²) in [5.74, 6) is -2.80. The van der Waals surface area contributed by atoms with E-state index in [0.717, 1.165) is 5.56 Å². The number of amides is 1. The maximum absolute atomic E-state index is 11.8. The molecule has 0 N–H and O–H groups in total. The number of benzene rings is 1. The fourth-order valence-electron chi connectivity index (χ4n) is 2.22. The Balaban J connectivity index is 1.95. The number of carbonyl (C=O) groups excluding carboxylic acids is 3. The van der Waals surface area contributed by atoms with Crippen molar-refractivity contribution in [1.29, 1.82) is 0 Å². The highest BCUT2D eigenvalue weighted by molar-refractivity contribution is 6.42. The first kappa shape index (κ1) is 14.2. The van der Waals surface area contributed by atoms with Gasteiger partial charge in [-0.05, 0) is 18.9 Å². The second-order valence-electron chi connectivity index (χ2n) is 4.66. The summed E-state index contributed by atoms with van der Waals surface area (Å²) in [6, 6.07) is 9.70. The van der Waals surface area contributed by atoms with Crippen molar-refractivity contribution in [2.75, 3.05) is 19.7 Å². The molecule has 0 aromatic heterocycles. The zero-order valence-corrected chi connectivity index (χ0v) is 11.4. The fraction of sp³-hybridized carbons (Fsp3) is 0.400. The molecule has 0 unspecified atom stereocenters. The normalized spacial score (nSPS) is 18.4.